The molecular formula is C11H17NO2S. The molecule has 1 aromatic carbocycles. The summed E-state index contributed by atoms with van der Waals surface area (Å²) >= 11 is 0. The first-order valence-corrected chi connectivity index (χ1v) is 6.83. The van der Waals surface area contributed by atoms with Gasteiger partial charge in [-0.25, -0.2) is 8.42 Å². The van der Waals surface area contributed by atoms with Crippen molar-refractivity contribution in [2.24, 2.45) is 0 Å². The lowest BCUT2D eigenvalue weighted by Crippen LogP contribution is -2.32. The van der Waals surface area contributed by atoms with Crippen LogP contribution >= 0.6 is 0 Å². The Labute approximate surface area is 91.4 Å². The highest BCUT2D eigenvalue weighted by molar-refractivity contribution is 7.91. The van der Waals surface area contributed by atoms with Crippen LogP contribution in [0, 0.1) is 0 Å². The molecule has 0 bridgehead atoms. The first-order chi connectivity index (χ1) is 6.96. The van der Waals surface area contributed by atoms with Crippen LogP contribution in [-0.2, 0) is 9.84 Å². The van der Waals surface area contributed by atoms with Gasteiger partial charge in [-0.1, -0.05) is 30.3 Å². The molecule has 0 saturated heterocycles. The maximum absolute atomic E-state index is 11.5. The average Bonchev–Trinajstić information content (AvgIpc) is 2.19. The van der Waals surface area contributed by atoms with E-state index in [1.165, 1.54) is 6.26 Å². The van der Waals surface area contributed by atoms with Gasteiger partial charge < -0.3 is 5.32 Å². The molecule has 2 atom stereocenters. The normalized spacial score (nSPS) is 15.9. The summed E-state index contributed by atoms with van der Waals surface area (Å²) in [5, 5.41) is 2.62. The molecule has 0 aliphatic heterocycles. The standard InChI is InChI=1S/C11H17NO2S/c1-9(15(3,13)14)11(12-2)10-7-5-4-6-8-10/h4-9,11-12H,1-3H3. The Morgan fingerprint density at radius 1 is 1.20 bits per heavy atom. The van der Waals surface area contributed by atoms with Crippen LogP contribution in [0.1, 0.15) is 18.5 Å². The van der Waals surface area contributed by atoms with E-state index in [0.717, 1.165) is 5.56 Å². The predicted molar refractivity (Wildman–Crippen MR) is 62.5 cm³/mol. The van der Waals surface area contributed by atoms with Gasteiger partial charge in [0, 0.05) is 12.3 Å². The van der Waals surface area contributed by atoms with Gasteiger partial charge in [0.15, 0.2) is 9.84 Å². The van der Waals surface area contributed by atoms with E-state index in [1.54, 1.807) is 14.0 Å². The van der Waals surface area contributed by atoms with E-state index >= 15 is 0 Å². The summed E-state index contributed by atoms with van der Waals surface area (Å²) in [7, 11) is -1.25. The molecule has 84 valence electrons. The number of nitrogens with one attached hydrogen (secondary N) is 1. The zero-order chi connectivity index (χ0) is 11.5. The van der Waals surface area contributed by atoms with Gasteiger partial charge >= 0.3 is 0 Å². The van der Waals surface area contributed by atoms with Crippen LogP contribution in [0.25, 0.3) is 0 Å². The van der Waals surface area contributed by atoms with Crippen LogP contribution in [0.4, 0.5) is 0 Å². The molecule has 0 aliphatic carbocycles. The Morgan fingerprint density at radius 2 is 1.73 bits per heavy atom. The third-order valence-electron chi connectivity index (χ3n) is 2.61. The third-order valence-corrected chi connectivity index (χ3v) is 4.24. The SMILES string of the molecule is CNC(c1ccccc1)C(C)S(C)(=O)=O. The van der Waals surface area contributed by atoms with E-state index in [0.29, 0.717) is 0 Å². The fourth-order valence-corrected chi connectivity index (χ4v) is 2.37. The topological polar surface area (TPSA) is 46.2 Å². The Balaban J connectivity index is 3.01. The van der Waals surface area contributed by atoms with Crippen molar-refractivity contribution in [3.8, 4) is 0 Å². The Morgan fingerprint density at radius 3 is 2.13 bits per heavy atom. The smallest absolute Gasteiger partial charge is 0.151 e. The summed E-state index contributed by atoms with van der Waals surface area (Å²) in [6, 6.07) is 9.46. The monoisotopic (exact) mass is 227 g/mol. The summed E-state index contributed by atoms with van der Waals surface area (Å²) in [5.74, 6) is 0. The fraction of sp³-hybridized carbons (Fsp3) is 0.455. The van der Waals surface area contributed by atoms with E-state index in [2.05, 4.69) is 5.32 Å². The van der Waals surface area contributed by atoms with Crippen molar-refractivity contribution < 1.29 is 8.42 Å². The molecule has 3 nitrogen and oxygen atoms in total. The summed E-state index contributed by atoms with van der Waals surface area (Å²) < 4.78 is 22.9. The highest BCUT2D eigenvalue weighted by Gasteiger charge is 2.25. The third kappa shape index (κ3) is 3.04. The minimum absolute atomic E-state index is 0.152. The van der Waals surface area contributed by atoms with Crippen molar-refractivity contribution in [2.45, 2.75) is 18.2 Å². The largest absolute Gasteiger partial charge is 0.312 e. The van der Waals surface area contributed by atoms with Gasteiger partial charge in [-0.15, -0.1) is 0 Å². The molecule has 0 aromatic heterocycles. The lowest BCUT2D eigenvalue weighted by atomic mass is 10.0. The minimum Gasteiger partial charge on any atom is -0.312 e. The molecule has 1 N–H and O–H groups in total. The van der Waals surface area contributed by atoms with E-state index in [4.69, 9.17) is 0 Å². The van der Waals surface area contributed by atoms with E-state index in [-0.39, 0.29) is 6.04 Å². The summed E-state index contributed by atoms with van der Waals surface area (Å²) in [6.07, 6.45) is 1.27. The van der Waals surface area contributed by atoms with Crippen LogP contribution in [0.5, 0.6) is 0 Å². The Hall–Kier alpha value is -0.870. The van der Waals surface area contributed by atoms with Crippen molar-refractivity contribution in [3.05, 3.63) is 35.9 Å². The summed E-state index contributed by atoms with van der Waals surface area (Å²) in [5.41, 5.74) is 0.998. The van der Waals surface area contributed by atoms with E-state index in [9.17, 15) is 8.42 Å². The van der Waals surface area contributed by atoms with Crippen molar-refractivity contribution >= 4 is 9.84 Å². The number of hydrogen-bond donors (Lipinski definition) is 1. The van der Waals surface area contributed by atoms with Crippen LogP contribution in [0.15, 0.2) is 30.3 Å². The van der Waals surface area contributed by atoms with Crippen LogP contribution in [0.2, 0.25) is 0 Å². The molecule has 1 rings (SSSR count). The number of rotatable bonds is 4. The van der Waals surface area contributed by atoms with Crippen molar-refractivity contribution in [3.63, 3.8) is 0 Å². The van der Waals surface area contributed by atoms with Gasteiger partial charge in [-0.05, 0) is 19.5 Å². The zero-order valence-corrected chi connectivity index (χ0v) is 10.1. The van der Waals surface area contributed by atoms with Gasteiger partial charge in [0.25, 0.3) is 0 Å². The molecule has 15 heavy (non-hydrogen) atoms. The summed E-state index contributed by atoms with van der Waals surface area (Å²) in [4.78, 5) is 0. The van der Waals surface area contributed by atoms with Crippen molar-refractivity contribution in [1.29, 1.82) is 0 Å². The number of benzene rings is 1. The molecule has 0 spiro atoms. The fourth-order valence-electron chi connectivity index (χ4n) is 1.58. The van der Waals surface area contributed by atoms with E-state index < -0.39 is 15.1 Å². The Bertz CT molecular complexity index is 400. The highest BCUT2D eigenvalue weighted by atomic mass is 32.2. The molecule has 0 saturated carbocycles. The second-order valence-electron chi connectivity index (χ2n) is 3.71. The second-order valence-corrected chi connectivity index (χ2v) is 6.11. The molecule has 0 amide bonds. The highest BCUT2D eigenvalue weighted by Crippen LogP contribution is 2.20. The molecule has 4 heteroatoms. The first kappa shape index (κ1) is 12.2. The Kier molecular flexibility index (Phi) is 3.88. The maximum Gasteiger partial charge on any atom is 0.151 e. The minimum atomic E-state index is -3.02. The number of sulfone groups is 1. The molecule has 2 unspecified atom stereocenters. The quantitative estimate of drug-likeness (QED) is 0.845. The van der Waals surface area contributed by atoms with Gasteiger partial charge in [0.05, 0.1) is 5.25 Å². The molecule has 0 aliphatic rings. The van der Waals surface area contributed by atoms with Crippen LogP contribution < -0.4 is 5.32 Å². The molecule has 0 fully saturated rings. The van der Waals surface area contributed by atoms with Crippen LogP contribution in [0.3, 0.4) is 0 Å². The molecule has 1 aromatic rings. The van der Waals surface area contributed by atoms with Crippen molar-refractivity contribution in [1.82, 2.24) is 5.32 Å². The van der Waals surface area contributed by atoms with Crippen LogP contribution in [-0.4, -0.2) is 27.0 Å². The maximum atomic E-state index is 11.5. The van der Waals surface area contributed by atoms with Crippen molar-refractivity contribution in [2.75, 3.05) is 13.3 Å². The number of hydrogen-bond acceptors (Lipinski definition) is 3. The van der Waals surface area contributed by atoms with Gasteiger partial charge in [0.1, 0.15) is 0 Å². The lowest BCUT2D eigenvalue weighted by molar-refractivity contribution is 0.535. The zero-order valence-electron chi connectivity index (χ0n) is 9.27. The van der Waals surface area contributed by atoms with Gasteiger partial charge in [-0.3, -0.25) is 0 Å². The average molecular weight is 227 g/mol. The molecule has 0 heterocycles. The molecular weight excluding hydrogens is 210 g/mol. The van der Waals surface area contributed by atoms with Gasteiger partial charge in [0.2, 0.25) is 0 Å². The molecule has 0 radical (unpaired) electrons. The predicted octanol–water partition coefficient (Wildman–Crippen LogP) is 1.38. The lowest BCUT2D eigenvalue weighted by Gasteiger charge is -2.22. The van der Waals surface area contributed by atoms with Gasteiger partial charge in [-0.2, -0.15) is 0 Å². The first-order valence-electron chi connectivity index (χ1n) is 4.88. The second kappa shape index (κ2) is 4.77. The summed E-state index contributed by atoms with van der Waals surface area (Å²) in [6.45, 7) is 1.73. The van der Waals surface area contributed by atoms with E-state index in [1.807, 2.05) is 30.3 Å².